The van der Waals surface area contributed by atoms with Crippen LogP contribution in [0.4, 0.5) is 0 Å². The molecule has 4 heteroatoms. The number of carbonyl (C=O) groups is 1. The van der Waals surface area contributed by atoms with Crippen molar-refractivity contribution >= 4 is 5.97 Å². The molecule has 2 N–H and O–H groups in total. The van der Waals surface area contributed by atoms with E-state index in [1.807, 2.05) is 20.8 Å². The molecular formula is C6H13NO3. The minimum absolute atomic E-state index is 0.0972. The van der Waals surface area contributed by atoms with Gasteiger partial charge >= 0.3 is 5.97 Å². The van der Waals surface area contributed by atoms with E-state index in [1.54, 1.807) is 0 Å². The lowest BCUT2D eigenvalue weighted by Crippen LogP contribution is -2.25. The van der Waals surface area contributed by atoms with Crippen LogP contribution in [0, 0.1) is 0 Å². The molecule has 0 fully saturated rings. The lowest BCUT2D eigenvalue weighted by Gasteiger charge is -2.17. The number of hydrogen-bond donors (Lipinski definition) is 1. The Morgan fingerprint density at radius 2 is 2.00 bits per heavy atom. The van der Waals surface area contributed by atoms with Gasteiger partial charge in [0.05, 0.1) is 5.60 Å². The van der Waals surface area contributed by atoms with E-state index in [2.05, 4.69) is 10.7 Å². The first-order chi connectivity index (χ1) is 4.45. The summed E-state index contributed by atoms with van der Waals surface area (Å²) in [6, 6.07) is 0. The maximum Gasteiger partial charge on any atom is 0.350 e. The van der Waals surface area contributed by atoms with Crippen LogP contribution in [-0.2, 0) is 14.4 Å². The van der Waals surface area contributed by atoms with Gasteiger partial charge < -0.3 is 9.57 Å². The number of rotatable bonds is 2. The fourth-order valence-corrected chi connectivity index (χ4v) is 0.309. The highest BCUT2D eigenvalue weighted by atomic mass is 16.7. The Bertz CT molecular complexity index is 117. The molecule has 0 aromatic rings. The molecule has 0 aliphatic heterocycles. The number of carbonyl (C=O) groups excluding carboxylic acids is 1. The lowest BCUT2D eigenvalue weighted by molar-refractivity contribution is -0.154. The second-order valence-corrected chi connectivity index (χ2v) is 2.89. The summed E-state index contributed by atoms with van der Waals surface area (Å²) in [5, 5.41) is 0. The van der Waals surface area contributed by atoms with E-state index < -0.39 is 5.97 Å². The van der Waals surface area contributed by atoms with Crippen molar-refractivity contribution in [2.45, 2.75) is 26.4 Å². The molecule has 60 valence electrons. The van der Waals surface area contributed by atoms with Crippen molar-refractivity contribution in [1.29, 1.82) is 0 Å². The van der Waals surface area contributed by atoms with Crippen molar-refractivity contribution in [3.63, 3.8) is 0 Å². The highest BCUT2D eigenvalue weighted by Crippen LogP contribution is 2.05. The Balaban J connectivity index is 3.46. The molecule has 0 rings (SSSR count). The fourth-order valence-electron chi connectivity index (χ4n) is 0.309. The van der Waals surface area contributed by atoms with Crippen molar-refractivity contribution in [3.05, 3.63) is 0 Å². The summed E-state index contributed by atoms with van der Waals surface area (Å²) in [5.41, 5.74) is -0.325. The first-order valence-corrected chi connectivity index (χ1v) is 2.99. The van der Waals surface area contributed by atoms with E-state index in [9.17, 15) is 4.79 Å². The van der Waals surface area contributed by atoms with Crippen LogP contribution in [0.3, 0.4) is 0 Å². The zero-order valence-corrected chi connectivity index (χ0v) is 6.51. The molecule has 0 bridgehead atoms. The maximum absolute atomic E-state index is 10.4. The van der Waals surface area contributed by atoms with Gasteiger partial charge in [0.25, 0.3) is 0 Å². The molecule has 0 aromatic carbocycles. The van der Waals surface area contributed by atoms with E-state index in [0.29, 0.717) is 0 Å². The summed E-state index contributed by atoms with van der Waals surface area (Å²) in [7, 11) is 0. The van der Waals surface area contributed by atoms with E-state index >= 15 is 0 Å². The first kappa shape index (κ1) is 9.39. The molecule has 0 unspecified atom stereocenters. The first-order valence-electron chi connectivity index (χ1n) is 2.99. The van der Waals surface area contributed by atoms with Gasteiger partial charge in [-0.05, 0) is 20.8 Å². The van der Waals surface area contributed by atoms with Crippen LogP contribution in [-0.4, -0.2) is 18.2 Å². The molecule has 0 aromatic heterocycles. The van der Waals surface area contributed by atoms with Crippen LogP contribution in [0.2, 0.25) is 0 Å². The minimum Gasteiger partial charge on any atom is -0.372 e. The topological polar surface area (TPSA) is 61.5 Å². The quantitative estimate of drug-likeness (QED) is 0.567. The van der Waals surface area contributed by atoms with Crippen molar-refractivity contribution in [3.8, 4) is 0 Å². The molecule has 0 atom stereocenters. The number of ether oxygens (including phenoxy) is 1. The van der Waals surface area contributed by atoms with Gasteiger partial charge in [-0.25, -0.2) is 4.79 Å². The maximum atomic E-state index is 10.4. The SMILES string of the molecule is CC(C)(C)OCC(=O)ON. The van der Waals surface area contributed by atoms with Crippen LogP contribution in [0.1, 0.15) is 20.8 Å². The zero-order valence-electron chi connectivity index (χ0n) is 6.51. The van der Waals surface area contributed by atoms with Crippen molar-refractivity contribution in [2.24, 2.45) is 5.90 Å². The average Bonchev–Trinajstić information content (AvgIpc) is 1.81. The largest absolute Gasteiger partial charge is 0.372 e. The van der Waals surface area contributed by atoms with Crippen LogP contribution >= 0.6 is 0 Å². The van der Waals surface area contributed by atoms with Crippen LogP contribution < -0.4 is 5.90 Å². The molecule has 0 radical (unpaired) electrons. The zero-order chi connectivity index (χ0) is 8.20. The Morgan fingerprint density at radius 1 is 1.50 bits per heavy atom. The molecular weight excluding hydrogens is 134 g/mol. The minimum atomic E-state index is -0.560. The number of nitrogens with two attached hydrogens (primary N) is 1. The van der Waals surface area contributed by atoms with Gasteiger partial charge in [-0.2, -0.15) is 5.90 Å². The van der Waals surface area contributed by atoms with Gasteiger partial charge in [0, 0.05) is 0 Å². The third-order valence-corrected chi connectivity index (χ3v) is 0.754. The van der Waals surface area contributed by atoms with Gasteiger partial charge in [-0.3, -0.25) is 0 Å². The van der Waals surface area contributed by atoms with Crippen molar-refractivity contribution in [2.75, 3.05) is 6.61 Å². The third kappa shape index (κ3) is 5.53. The molecule has 0 saturated heterocycles. The van der Waals surface area contributed by atoms with Gasteiger partial charge in [0.15, 0.2) is 0 Å². The highest BCUT2D eigenvalue weighted by Gasteiger charge is 2.12. The Morgan fingerprint density at radius 3 is 2.30 bits per heavy atom. The van der Waals surface area contributed by atoms with Crippen LogP contribution in [0.15, 0.2) is 0 Å². The van der Waals surface area contributed by atoms with E-state index in [4.69, 9.17) is 4.74 Å². The Hall–Kier alpha value is -0.610. The van der Waals surface area contributed by atoms with E-state index in [-0.39, 0.29) is 12.2 Å². The second-order valence-electron chi connectivity index (χ2n) is 2.89. The normalized spacial score (nSPS) is 11.2. The van der Waals surface area contributed by atoms with E-state index in [0.717, 1.165) is 0 Å². The van der Waals surface area contributed by atoms with E-state index in [1.165, 1.54) is 0 Å². The number of hydrogen-bond acceptors (Lipinski definition) is 4. The predicted octanol–water partition coefficient (Wildman–Crippen LogP) is 0.218. The summed E-state index contributed by atoms with van der Waals surface area (Å²) >= 11 is 0. The van der Waals surface area contributed by atoms with Crippen LogP contribution in [0.25, 0.3) is 0 Å². The standard InChI is InChI=1S/C6H13NO3/c1-6(2,3)9-4-5(8)10-7/h4,7H2,1-3H3. The lowest BCUT2D eigenvalue weighted by atomic mass is 10.2. The van der Waals surface area contributed by atoms with Gasteiger partial charge in [0.2, 0.25) is 0 Å². The molecule has 0 amide bonds. The van der Waals surface area contributed by atoms with Crippen molar-refractivity contribution in [1.82, 2.24) is 0 Å². The summed E-state index contributed by atoms with van der Waals surface area (Å²) in [4.78, 5) is 14.3. The summed E-state index contributed by atoms with van der Waals surface area (Å²) in [6.07, 6.45) is 0. The van der Waals surface area contributed by atoms with Gasteiger partial charge in [-0.1, -0.05) is 0 Å². The third-order valence-electron chi connectivity index (χ3n) is 0.754. The van der Waals surface area contributed by atoms with Gasteiger partial charge in [0.1, 0.15) is 6.61 Å². The second kappa shape index (κ2) is 3.53. The average molecular weight is 147 g/mol. The van der Waals surface area contributed by atoms with Gasteiger partial charge in [-0.15, -0.1) is 0 Å². The smallest absolute Gasteiger partial charge is 0.350 e. The molecule has 0 aliphatic rings. The molecule has 0 aliphatic carbocycles. The summed E-state index contributed by atoms with van der Waals surface area (Å²) in [5.74, 6) is 4.01. The summed E-state index contributed by atoms with van der Waals surface area (Å²) in [6.45, 7) is 5.43. The molecule has 4 nitrogen and oxygen atoms in total. The van der Waals surface area contributed by atoms with Crippen LogP contribution in [0.5, 0.6) is 0 Å². The van der Waals surface area contributed by atoms with Crippen molar-refractivity contribution < 1.29 is 14.4 Å². The molecule has 0 heterocycles. The summed E-state index contributed by atoms with van der Waals surface area (Å²) < 4.78 is 5.03. The molecule has 0 spiro atoms. The Labute approximate surface area is 60.2 Å². The molecule has 0 saturated carbocycles. The monoisotopic (exact) mass is 147 g/mol. The highest BCUT2D eigenvalue weighted by molar-refractivity contribution is 5.70. The fraction of sp³-hybridized carbons (Fsp3) is 0.833. The Kier molecular flexibility index (Phi) is 3.32. The predicted molar refractivity (Wildman–Crippen MR) is 36.0 cm³/mol. The molecule has 10 heavy (non-hydrogen) atoms.